The maximum Gasteiger partial charge on any atom is 0.0613 e. The fourth-order valence-corrected chi connectivity index (χ4v) is 4.61. The smallest absolute Gasteiger partial charge is 0.0613 e. The minimum atomic E-state index is 0.0142. The molecule has 3 nitrogen and oxygen atoms in total. The largest absolute Gasteiger partial charge is 0.394 e. The Hall–Kier alpha value is -0.120. The average Bonchev–Trinajstić information content (AvgIpc) is 3.31. The number of nitrogens with zero attached hydrogens (tertiary/aromatic N) is 1. The molecule has 0 spiro atoms. The highest BCUT2D eigenvalue weighted by molar-refractivity contribution is 5.01. The third-order valence-corrected chi connectivity index (χ3v) is 6.35. The van der Waals surface area contributed by atoms with E-state index in [2.05, 4.69) is 24.2 Å². The summed E-state index contributed by atoms with van der Waals surface area (Å²) in [6, 6.07) is 2.13. The lowest BCUT2D eigenvalue weighted by molar-refractivity contribution is 0.0394. The molecule has 3 rings (SSSR count). The second kappa shape index (κ2) is 6.55. The lowest BCUT2D eigenvalue weighted by Gasteiger charge is -2.46. The summed E-state index contributed by atoms with van der Waals surface area (Å²) in [4.78, 5) is 2.67. The first kappa shape index (κ1) is 15.8. The fraction of sp³-hybridized carbons (Fsp3) is 1.00. The van der Waals surface area contributed by atoms with E-state index in [0.717, 1.165) is 24.8 Å². The summed E-state index contributed by atoms with van der Waals surface area (Å²) >= 11 is 0. The van der Waals surface area contributed by atoms with Gasteiger partial charge in [-0.2, -0.15) is 0 Å². The van der Waals surface area contributed by atoms with Crippen molar-refractivity contribution >= 4 is 0 Å². The number of aliphatic hydroxyl groups excluding tert-OH is 1. The molecule has 0 bridgehead atoms. The van der Waals surface area contributed by atoms with Gasteiger partial charge in [0.25, 0.3) is 0 Å². The van der Waals surface area contributed by atoms with Crippen LogP contribution in [0.3, 0.4) is 0 Å². The monoisotopic (exact) mass is 294 g/mol. The van der Waals surface area contributed by atoms with Crippen molar-refractivity contribution in [1.29, 1.82) is 0 Å². The number of hydrogen-bond donors (Lipinski definition) is 2. The van der Waals surface area contributed by atoms with E-state index in [1.807, 2.05) is 0 Å². The summed E-state index contributed by atoms with van der Waals surface area (Å²) in [5.74, 6) is 0.925. The van der Waals surface area contributed by atoms with Crippen LogP contribution in [0.15, 0.2) is 0 Å². The molecular weight excluding hydrogens is 260 g/mol. The van der Waals surface area contributed by atoms with Crippen molar-refractivity contribution in [3.63, 3.8) is 0 Å². The summed E-state index contributed by atoms with van der Waals surface area (Å²) < 4.78 is 0. The highest BCUT2D eigenvalue weighted by Crippen LogP contribution is 2.36. The maximum atomic E-state index is 9.98. The van der Waals surface area contributed by atoms with Crippen molar-refractivity contribution in [3.8, 4) is 0 Å². The van der Waals surface area contributed by atoms with Crippen LogP contribution in [0.2, 0.25) is 0 Å². The molecule has 2 atom stereocenters. The zero-order valence-corrected chi connectivity index (χ0v) is 14.0. The van der Waals surface area contributed by atoms with Gasteiger partial charge in [-0.1, -0.05) is 6.92 Å². The number of nitrogens with one attached hydrogen (secondary N) is 1. The Morgan fingerprint density at radius 2 is 1.76 bits per heavy atom. The first-order valence-electron chi connectivity index (χ1n) is 9.22. The number of rotatable bonds is 5. The molecule has 3 aliphatic rings. The molecule has 0 aromatic rings. The highest BCUT2D eigenvalue weighted by Gasteiger charge is 2.41. The lowest BCUT2D eigenvalue weighted by Crippen LogP contribution is -2.57. The molecular formula is C18H34N2O. The topological polar surface area (TPSA) is 35.5 Å². The molecule has 2 unspecified atom stereocenters. The van der Waals surface area contributed by atoms with E-state index in [4.69, 9.17) is 0 Å². The van der Waals surface area contributed by atoms with Gasteiger partial charge in [0.05, 0.1) is 6.61 Å². The van der Waals surface area contributed by atoms with Crippen LogP contribution >= 0.6 is 0 Å². The van der Waals surface area contributed by atoms with Crippen LogP contribution in [0.25, 0.3) is 0 Å². The van der Waals surface area contributed by atoms with Crippen LogP contribution in [0.5, 0.6) is 0 Å². The van der Waals surface area contributed by atoms with Gasteiger partial charge in [-0.3, -0.25) is 0 Å². The van der Waals surface area contributed by atoms with E-state index < -0.39 is 0 Å². The maximum absolute atomic E-state index is 9.98. The Bertz CT molecular complexity index is 336. The number of aliphatic hydroxyl groups is 1. The van der Waals surface area contributed by atoms with Crippen molar-refractivity contribution in [1.82, 2.24) is 10.2 Å². The first-order valence-corrected chi connectivity index (χ1v) is 9.22. The van der Waals surface area contributed by atoms with Gasteiger partial charge in [-0.15, -0.1) is 0 Å². The van der Waals surface area contributed by atoms with E-state index in [9.17, 15) is 5.11 Å². The molecule has 0 saturated heterocycles. The van der Waals surface area contributed by atoms with Crippen LogP contribution < -0.4 is 5.32 Å². The van der Waals surface area contributed by atoms with Crippen molar-refractivity contribution in [2.75, 3.05) is 13.7 Å². The van der Waals surface area contributed by atoms with Gasteiger partial charge in [0.2, 0.25) is 0 Å². The van der Waals surface area contributed by atoms with Gasteiger partial charge in [-0.25, -0.2) is 0 Å². The van der Waals surface area contributed by atoms with E-state index >= 15 is 0 Å². The molecule has 3 fully saturated rings. The van der Waals surface area contributed by atoms with Gasteiger partial charge in [0, 0.05) is 23.7 Å². The van der Waals surface area contributed by atoms with Gasteiger partial charge >= 0.3 is 0 Å². The molecule has 2 N–H and O–H groups in total. The molecule has 122 valence electrons. The molecule has 3 aliphatic carbocycles. The quantitative estimate of drug-likeness (QED) is 0.818. The molecule has 0 aromatic carbocycles. The van der Waals surface area contributed by atoms with E-state index in [1.54, 1.807) is 0 Å². The van der Waals surface area contributed by atoms with Crippen molar-refractivity contribution < 1.29 is 5.11 Å². The highest BCUT2D eigenvalue weighted by atomic mass is 16.3. The molecule has 0 heterocycles. The molecule has 3 saturated carbocycles. The number of hydrogen-bond acceptors (Lipinski definition) is 3. The van der Waals surface area contributed by atoms with Gasteiger partial charge in [-0.05, 0) is 77.2 Å². The van der Waals surface area contributed by atoms with Gasteiger partial charge in [0.1, 0.15) is 0 Å². The Balaban J connectivity index is 1.58. The van der Waals surface area contributed by atoms with E-state index in [1.165, 1.54) is 51.4 Å². The van der Waals surface area contributed by atoms with Crippen LogP contribution in [0, 0.1) is 5.92 Å². The van der Waals surface area contributed by atoms with Crippen LogP contribution in [-0.2, 0) is 0 Å². The van der Waals surface area contributed by atoms with E-state index in [0.29, 0.717) is 18.7 Å². The average molecular weight is 294 g/mol. The second-order valence-corrected chi connectivity index (χ2v) is 8.19. The molecule has 0 amide bonds. The van der Waals surface area contributed by atoms with Gasteiger partial charge in [0.15, 0.2) is 0 Å². The second-order valence-electron chi connectivity index (χ2n) is 8.19. The summed E-state index contributed by atoms with van der Waals surface area (Å²) in [5.41, 5.74) is 0.0142. The van der Waals surface area contributed by atoms with Crippen molar-refractivity contribution in [3.05, 3.63) is 0 Å². The third kappa shape index (κ3) is 3.80. The molecule has 3 heteroatoms. The predicted octanol–water partition coefficient (Wildman–Crippen LogP) is 2.92. The Labute approximate surface area is 130 Å². The molecule has 21 heavy (non-hydrogen) atoms. The summed E-state index contributed by atoms with van der Waals surface area (Å²) in [6.07, 6.45) is 13.0. The molecule has 0 aliphatic heterocycles. The molecule has 0 aromatic heterocycles. The van der Waals surface area contributed by atoms with E-state index in [-0.39, 0.29) is 5.54 Å². The fourth-order valence-electron chi connectivity index (χ4n) is 4.61. The minimum Gasteiger partial charge on any atom is -0.394 e. The SMILES string of the molecule is CC1CCC(N(C)C2CCCC(CO)(NC3CC3)C2)CC1. The standard InChI is InChI=1S/C18H34N2O/c1-14-5-9-16(10-6-14)20(2)17-4-3-11-18(12-17,13-21)19-15-7-8-15/h14-17,19,21H,3-13H2,1-2H3. The summed E-state index contributed by atoms with van der Waals surface area (Å²) in [7, 11) is 2.34. The zero-order valence-electron chi connectivity index (χ0n) is 14.0. The summed E-state index contributed by atoms with van der Waals surface area (Å²) in [5, 5.41) is 13.8. The Morgan fingerprint density at radius 3 is 2.38 bits per heavy atom. The zero-order chi connectivity index (χ0) is 14.9. The van der Waals surface area contributed by atoms with Crippen molar-refractivity contribution in [2.45, 2.75) is 94.8 Å². The van der Waals surface area contributed by atoms with Crippen LogP contribution in [0.1, 0.15) is 71.1 Å². The third-order valence-electron chi connectivity index (χ3n) is 6.35. The van der Waals surface area contributed by atoms with Crippen LogP contribution in [-0.4, -0.2) is 47.3 Å². The molecule has 0 radical (unpaired) electrons. The Kier molecular flexibility index (Phi) is 4.92. The Morgan fingerprint density at radius 1 is 1.05 bits per heavy atom. The lowest BCUT2D eigenvalue weighted by atomic mass is 9.77. The normalized spacial score (nSPS) is 41.4. The minimum absolute atomic E-state index is 0.0142. The summed E-state index contributed by atoms with van der Waals surface area (Å²) in [6.45, 7) is 2.71. The first-order chi connectivity index (χ1) is 10.1. The predicted molar refractivity (Wildman–Crippen MR) is 87.4 cm³/mol. The van der Waals surface area contributed by atoms with Crippen LogP contribution in [0.4, 0.5) is 0 Å². The van der Waals surface area contributed by atoms with Gasteiger partial charge < -0.3 is 15.3 Å². The van der Waals surface area contributed by atoms with Crippen molar-refractivity contribution in [2.24, 2.45) is 5.92 Å².